The Bertz CT molecular complexity index is 584. The second-order valence-electron chi connectivity index (χ2n) is 3.57. The molecule has 0 fully saturated rings. The summed E-state index contributed by atoms with van der Waals surface area (Å²) >= 11 is 0. The van der Waals surface area contributed by atoms with E-state index in [9.17, 15) is 9.59 Å². The number of nitrogens with zero attached hydrogens (tertiary/aromatic N) is 1. The summed E-state index contributed by atoms with van der Waals surface area (Å²) in [6.45, 7) is 0.0815. The van der Waals surface area contributed by atoms with E-state index in [1.165, 1.54) is 4.57 Å². The molecule has 1 aromatic heterocycles. The van der Waals surface area contributed by atoms with Crippen molar-refractivity contribution < 1.29 is 4.79 Å². The number of amides is 1. The van der Waals surface area contributed by atoms with Gasteiger partial charge in [0.1, 0.15) is 6.04 Å². The van der Waals surface area contributed by atoms with E-state index in [1.54, 1.807) is 12.1 Å². The fourth-order valence-electron chi connectivity index (χ4n) is 1.57. The molecule has 0 aliphatic carbocycles. The predicted molar refractivity (Wildman–Crippen MR) is 59.7 cm³/mol. The van der Waals surface area contributed by atoms with Crippen LogP contribution in [0.3, 0.4) is 0 Å². The number of hydrogen-bond acceptors (Lipinski definition) is 3. The number of carbonyl (C=O) groups is 1. The first kappa shape index (κ1) is 10.4. The SMILES string of the molecule is NC(=O)[C@@H](N)Cn1c(=O)[nH]c2ccccc21. The van der Waals surface area contributed by atoms with Gasteiger partial charge in [0.05, 0.1) is 17.6 Å². The number of nitrogens with two attached hydrogens (primary N) is 2. The van der Waals surface area contributed by atoms with Crippen molar-refractivity contribution in [2.24, 2.45) is 11.5 Å². The molecule has 1 heterocycles. The van der Waals surface area contributed by atoms with Gasteiger partial charge in [-0.1, -0.05) is 12.1 Å². The molecule has 6 nitrogen and oxygen atoms in total. The quantitative estimate of drug-likeness (QED) is 0.626. The van der Waals surface area contributed by atoms with Gasteiger partial charge in [-0.3, -0.25) is 9.36 Å². The third-order valence-electron chi connectivity index (χ3n) is 2.43. The number of aromatic nitrogens is 2. The zero-order valence-corrected chi connectivity index (χ0v) is 8.51. The number of aromatic amines is 1. The second-order valence-corrected chi connectivity index (χ2v) is 3.57. The van der Waals surface area contributed by atoms with Crippen LogP contribution in [0, 0.1) is 0 Å². The minimum atomic E-state index is -0.864. The molecule has 5 N–H and O–H groups in total. The van der Waals surface area contributed by atoms with Gasteiger partial charge in [-0.15, -0.1) is 0 Å². The van der Waals surface area contributed by atoms with Crippen molar-refractivity contribution in [2.45, 2.75) is 12.6 Å². The van der Waals surface area contributed by atoms with Crippen LogP contribution in [-0.4, -0.2) is 21.5 Å². The van der Waals surface area contributed by atoms with E-state index in [4.69, 9.17) is 11.5 Å². The zero-order valence-electron chi connectivity index (χ0n) is 8.51. The molecule has 0 unspecified atom stereocenters. The first-order chi connectivity index (χ1) is 7.59. The largest absolute Gasteiger partial charge is 0.368 e. The molecule has 0 bridgehead atoms. The third kappa shape index (κ3) is 1.70. The van der Waals surface area contributed by atoms with Crippen molar-refractivity contribution in [3.05, 3.63) is 34.7 Å². The lowest BCUT2D eigenvalue weighted by molar-refractivity contribution is -0.119. The van der Waals surface area contributed by atoms with Crippen molar-refractivity contribution in [3.63, 3.8) is 0 Å². The highest BCUT2D eigenvalue weighted by Crippen LogP contribution is 2.08. The van der Waals surface area contributed by atoms with Gasteiger partial charge in [-0.2, -0.15) is 0 Å². The number of H-pyrrole nitrogens is 1. The van der Waals surface area contributed by atoms with Crippen molar-refractivity contribution >= 4 is 16.9 Å². The van der Waals surface area contributed by atoms with E-state index in [-0.39, 0.29) is 12.2 Å². The third-order valence-corrected chi connectivity index (χ3v) is 2.43. The van der Waals surface area contributed by atoms with E-state index in [2.05, 4.69) is 4.98 Å². The molecule has 0 radical (unpaired) electrons. The monoisotopic (exact) mass is 220 g/mol. The predicted octanol–water partition coefficient (Wildman–Crippen LogP) is -0.858. The Kier molecular flexibility index (Phi) is 2.49. The van der Waals surface area contributed by atoms with E-state index in [1.807, 2.05) is 12.1 Å². The molecule has 1 aromatic carbocycles. The topological polar surface area (TPSA) is 107 Å². The van der Waals surface area contributed by atoms with E-state index < -0.39 is 11.9 Å². The molecule has 0 saturated heterocycles. The highest BCUT2D eigenvalue weighted by molar-refractivity contribution is 5.80. The van der Waals surface area contributed by atoms with Crippen LogP contribution in [0.4, 0.5) is 0 Å². The van der Waals surface area contributed by atoms with Crippen LogP contribution in [0.1, 0.15) is 0 Å². The minimum absolute atomic E-state index is 0.0815. The van der Waals surface area contributed by atoms with Crippen LogP contribution in [0.15, 0.2) is 29.1 Å². The summed E-state index contributed by atoms with van der Waals surface area (Å²) in [6.07, 6.45) is 0. The minimum Gasteiger partial charge on any atom is -0.368 e. The fourth-order valence-corrected chi connectivity index (χ4v) is 1.57. The summed E-state index contributed by atoms with van der Waals surface area (Å²) in [7, 11) is 0. The lowest BCUT2D eigenvalue weighted by Gasteiger charge is -2.07. The highest BCUT2D eigenvalue weighted by atomic mass is 16.2. The summed E-state index contributed by atoms with van der Waals surface area (Å²) in [5.41, 5.74) is 11.7. The Morgan fingerprint density at radius 2 is 2.12 bits per heavy atom. The van der Waals surface area contributed by atoms with Crippen LogP contribution in [-0.2, 0) is 11.3 Å². The number of benzene rings is 1. The fraction of sp³-hybridized carbons (Fsp3) is 0.200. The maximum atomic E-state index is 11.6. The Hall–Kier alpha value is -2.08. The number of primary amides is 1. The van der Waals surface area contributed by atoms with Crippen molar-refractivity contribution in [3.8, 4) is 0 Å². The summed E-state index contributed by atoms with van der Waals surface area (Å²) in [6, 6.07) is 6.32. The lowest BCUT2D eigenvalue weighted by Crippen LogP contribution is -2.41. The number of rotatable bonds is 3. The molecular weight excluding hydrogens is 208 g/mol. The van der Waals surface area contributed by atoms with Gasteiger partial charge in [-0.05, 0) is 12.1 Å². The zero-order chi connectivity index (χ0) is 11.7. The van der Waals surface area contributed by atoms with E-state index in [0.29, 0.717) is 11.0 Å². The summed E-state index contributed by atoms with van der Waals surface area (Å²) in [5, 5.41) is 0. The number of nitrogens with one attached hydrogen (secondary N) is 1. The Balaban J connectivity index is 2.48. The van der Waals surface area contributed by atoms with Gasteiger partial charge >= 0.3 is 5.69 Å². The Labute approximate surface area is 90.8 Å². The van der Waals surface area contributed by atoms with Gasteiger partial charge in [0.15, 0.2) is 0 Å². The van der Waals surface area contributed by atoms with Gasteiger partial charge < -0.3 is 16.5 Å². The normalized spacial score (nSPS) is 12.8. The van der Waals surface area contributed by atoms with Gasteiger partial charge in [-0.25, -0.2) is 4.79 Å². The second kappa shape index (κ2) is 3.82. The van der Waals surface area contributed by atoms with Gasteiger partial charge in [0.25, 0.3) is 0 Å². The Morgan fingerprint density at radius 1 is 1.44 bits per heavy atom. The van der Waals surface area contributed by atoms with Crippen LogP contribution in [0.2, 0.25) is 0 Å². The lowest BCUT2D eigenvalue weighted by atomic mass is 10.2. The van der Waals surface area contributed by atoms with Crippen LogP contribution in [0.25, 0.3) is 11.0 Å². The summed E-state index contributed by atoms with van der Waals surface area (Å²) in [5.74, 6) is -0.628. The highest BCUT2D eigenvalue weighted by Gasteiger charge is 2.13. The van der Waals surface area contributed by atoms with Crippen molar-refractivity contribution in [1.29, 1.82) is 0 Å². The number of imidazole rings is 1. The molecule has 0 aliphatic heterocycles. The molecule has 2 aromatic rings. The molecule has 2 rings (SSSR count). The molecular formula is C10H12N4O2. The molecule has 0 saturated carbocycles. The number of carbonyl (C=O) groups excluding carboxylic acids is 1. The maximum absolute atomic E-state index is 11.6. The van der Waals surface area contributed by atoms with Crippen LogP contribution in [0.5, 0.6) is 0 Å². The molecule has 0 spiro atoms. The van der Waals surface area contributed by atoms with Gasteiger partial charge in [0.2, 0.25) is 5.91 Å². The van der Waals surface area contributed by atoms with Crippen molar-refractivity contribution in [2.75, 3.05) is 0 Å². The first-order valence-electron chi connectivity index (χ1n) is 4.82. The van der Waals surface area contributed by atoms with Crippen LogP contribution >= 0.6 is 0 Å². The molecule has 16 heavy (non-hydrogen) atoms. The molecule has 84 valence electrons. The number of fused-ring (bicyclic) bond motifs is 1. The van der Waals surface area contributed by atoms with E-state index >= 15 is 0 Å². The average molecular weight is 220 g/mol. The standard InChI is InChI=1S/C10H12N4O2/c11-6(9(12)15)5-14-8-4-2-1-3-7(8)13-10(14)16/h1-4,6H,5,11H2,(H2,12,15)(H,13,16)/t6-/m0/s1. The smallest absolute Gasteiger partial charge is 0.326 e. The number of hydrogen-bond donors (Lipinski definition) is 3. The van der Waals surface area contributed by atoms with Gasteiger partial charge in [0, 0.05) is 0 Å². The molecule has 0 aliphatic rings. The molecule has 6 heteroatoms. The van der Waals surface area contributed by atoms with E-state index in [0.717, 1.165) is 0 Å². The molecule has 1 amide bonds. The molecule has 1 atom stereocenters. The Morgan fingerprint density at radius 3 is 2.81 bits per heavy atom. The van der Waals surface area contributed by atoms with Crippen LogP contribution < -0.4 is 17.2 Å². The summed E-state index contributed by atoms with van der Waals surface area (Å²) < 4.78 is 1.41. The number of para-hydroxylation sites is 2. The van der Waals surface area contributed by atoms with Crippen molar-refractivity contribution in [1.82, 2.24) is 9.55 Å². The average Bonchev–Trinajstić information content (AvgIpc) is 2.55. The first-order valence-corrected chi connectivity index (χ1v) is 4.82. The maximum Gasteiger partial charge on any atom is 0.326 e. The summed E-state index contributed by atoms with van der Waals surface area (Å²) in [4.78, 5) is 25.1.